The Labute approximate surface area is 193 Å². The molecular formula is C26H27ClFN3O. The number of benzene rings is 3. The van der Waals surface area contributed by atoms with Gasteiger partial charge >= 0.3 is 0 Å². The van der Waals surface area contributed by atoms with Crippen LogP contribution < -0.4 is 10.2 Å². The van der Waals surface area contributed by atoms with Gasteiger partial charge in [-0.05, 0) is 66.1 Å². The van der Waals surface area contributed by atoms with Crippen LogP contribution in [0.4, 0.5) is 10.1 Å². The van der Waals surface area contributed by atoms with Crippen LogP contribution in [0.1, 0.15) is 27.9 Å². The van der Waals surface area contributed by atoms with Crippen molar-refractivity contribution in [1.29, 1.82) is 0 Å². The Morgan fingerprint density at radius 1 is 0.844 bits per heavy atom. The first kappa shape index (κ1) is 22.3. The highest BCUT2D eigenvalue weighted by Crippen LogP contribution is 2.19. The molecule has 4 nitrogen and oxygen atoms in total. The Morgan fingerprint density at radius 3 is 2.25 bits per heavy atom. The highest BCUT2D eigenvalue weighted by Gasteiger charge is 2.15. The number of carbonyl (C=O) groups is 1. The molecule has 1 amide bonds. The van der Waals surface area contributed by atoms with Gasteiger partial charge in [0, 0.05) is 55.5 Å². The van der Waals surface area contributed by atoms with Gasteiger partial charge in [-0.15, -0.1) is 0 Å². The van der Waals surface area contributed by atoms with E-state index in [9.17, 15) is 9.18 Å². The maximum absolute atomic E-state index is 13.1. The van der Waals surface area contributed by atoms with Crippen LogP contribution in [0.25, 0.3) is 0 Å². The van der Waals surface area contributed by atoms with Gasteiger partial charge in [-0.2, -0.15) is 0 Å². The predicted molar refractivity (Wildman–Crippen MR) is 128 cm³/mol. The van der Waals surface area contributed by atoms with Crippen LogP contribution in [0.3, 0.4) is 0 Å². The normalized spacial score (nSPS) is 14.8. The Morgan fingerprint density at radius 2 is 1.53 bits per heavy atom. The van der Waals surface area contributed by atoms with E-state index in [-0.39, 0.29) is 11.7 Å². The first-order chi connectivity index (χ1) is 15.6. The van der Waals surface area contributed by atoms with Gasteiger partial charge in [-0.25, -0.2) is 4.39 Å². The number of nitrogens with one attached hydrogen (secondary N) is 1. The largest absolute Gasteiger partial charge is 0.370 e. The summed E-state index contributed by atoms with van der Waals surface area (Å²) in [6.07, 6.45) is 1.08. The van der Waals surface area contributed by atoms with Crippen LogP contribution in [-0.4, -0.2) is 37.0 Å². The van der Waals surface area contributed by atoms with Crippen LogP contribution >= 0.6 is 11.6 Å². The number of nitrogens with zero attached hydrogens (tertiary/aromatic N) is 2. The molecule has 6 heteroatoms. The number of anilines is 1. The van der Waals surface area contributed by atoms with Crippen LogP contribution in [0.5, 0.6) is 0 Å². The summed E-state index contributed by atoms with van der Waals surface area (Å²) in [5.74, 6) is -0.303. The molecule has 1 fully saturated rings. The topological polar surface area (TPSA) is 35.6 Å². The molecule has 1 heterocycles. The number of amides is 1. The first-order valence-electron chi connectivity index (χ1n) is 10.9. The fourth-order valence-electron chi connectivity index (χ4n) is 3.95. The van der Waals surface area contributed by atoms with Gasteiger partial charge in [0.1, 0.15) is 5.82 Å². The van der Waals surface area contributed by atoms with E-state index < -0.39 is 0 Å². The number of hydrogen-bond acceptors (Lipinski definition) is 3. The summed E-state index contributed by atoms with van der Waals surface area (Å²) in [6.45, 7) is 5.28. The molecular weight excluding hydrogens is 425 g/mol. The van der Waals surface area contributed by atoms with Gasteiger partial charge in [-0.3, -0.25) is 9.69 Å². The van der Waals surface area contributed by atoms with E-state index in [1.54, 1.807) is 24.3 Å². The fourth-order valence-corrected chi connectivity index (χ4v) is 4.07. The third-order valence-corrected chi connectivity index (χ3v) is 6.02. The van der Waals surface area contributed by atoms with E-state index in [0.29, 0.717) is 17.1 Å². The van der Waals surface area contributed by atoms with E-state index in [0.717, 1.165) is 50.3 Å². The van der Waals surface area contributed by atoms with Crippen molar-refractivity contribution in [3.05, 3.63) is 100 Å². The zero-order valence-electron chi connectivity index (χ0n) is 17.9. The van der Waals surface area contributed by atoms with Crippen molar-refractivity contribution in [3.63, 3.8) is 0 Å². The third kappa shape index (κ3) is 6.09. The van der Waals surface area contributed by atoms with Crippen molar-refractivity contribution in [3.8, 4) is 0 Å². The van der Waals surface area contributed by atoms with Gasteiger partial charge < -0.3 is 10.2 Å². The maximum Gasteiger partial charge on any atom is 0.251 e. The van der Waals surface area contributed by atoms with Crippen molar-refractivity contribution in [2.45, 2.75) is 19.5 Å². The molecule has 3 aromatic rings. The standard InChI is InChI=1S/C26H27ClFN3O/c27-23-8-6-22(7-9-23)26(32)29-18-20-4-12-25(13-5-20)31-15-1-14-30(16-17-31)19-21-2-10-24(28)11-3-21/h2-13H,1,14-19H2,(H,29,32). The summed E-state index contributed by atoms with van der Waals surface area (Å²) in [4.78, 5) is 17.1. The van der Waals surface area contributed by atoms with Gasteiger partial charge in [0.2, 0.25) is 0 Å². The second kappa shape index (κ2) is 10.6. The lowest BCUT2D eigenvalue weighted by molar-refractivity contribution is 0.0951. The third-order valence-electron chi connectivity index (χ3n) is 5.77. The summed E-state index contributed by atoms with van der Waals surface area (Å²) in [7, 11) is 0. The van der Waals surface area contributed by atoms with Crippen LogP contribution in [0.15, 0.2) is 72.8 Å². The molecule has 0 aliphatic carbocycles. The Balaban J connectivity index is 1.28. The van der Waals surface area contributed by atoms with Crippen molar-refractivity contribution in [2.24, 2.45) is 0 Å². The molecule has 166 valence electrons. The lowest BCUT2D eigenvalue weighted by Crippen LogP contribution is -2.30. The summed E-state index contributed by atoms with van der Waals surface area (Å²) < 4.78 is 13.1. The molecule has 0 aromatic heterocycles. The van der Waals surface area contributed by atoms with E-state index in [1.807, 2.05) is 12.1 Å². The minimum atomic E-state index is -0.191. The molecule has 0 atom stereocenters. The summed E-state index contributed by atoms with van der Waals surface area (Å²) in [6, 6.07) is 22.0. The second-order valence-corrected chi connectivity index (χ2v) is 8.54. The molecule has 1 saturated heterocycles. The molecule has 0 spiro atoms. The fraction of sp³-hybridized carbons (Fsp3) is 0.269. The molecule has 32 heavy (non-hydrogen) atoms. The van der Waals surface area contributed by atoms with Gasteiger partial charge in [-0.1, -0.05) is 35.9 Å². The van der Waals surface area contributed by atoms with Crippen LogP contribution in [0, 0.1) is 5.82 Å². The molecule has 1 aliphatic rings. The molecule has 3 aromatic carbocycles. The van der Waals surface area contributed by atoms with Crippen molar-refractivity contribution < 1.29 is 9.18 Å². The summed E-state index contributed by atoms with van der Waals surface area (Å²) in [5.41, 5.74) is 4.00. The molecule has 0 saturated carbocycles. The smallest absolute Gasteiger partial charge is 0.251 e. The molecule has 1 N–H and O–H groups in total. The molecule has 0 bridgehead atoms. The second-order valence-electron chi connectivity index (χ2n) is 8.10. The molecule has 0 unspecified atom stereocenters. The van der Waals surface area contributed by atoms with Gasteiger partial charge in [0.15, 0.2) is 0 Å². The Kier molecular flexibility index (Phi) is 7.40. The van der Waals surface area contributed by atoms with Gasteiger partial charge in [0.25, 0.3) is 5.91 Å². The average molecular weight is 452 g/mol. The van der Waals surface area contributed by atoms with E-state index in [1.165, 1.54) is 17.8 Å². The summed E-state index contributed by atoms with van der Waals surface area (Å²) >= 11 is 5.88. The van der Waals surface area contributed by atoms with E-state index in [2.05, 4.69) is 39.4 Å². The Hall–Kier alpha value is -2.89. The number of halogens is 2. The minimum absolute atomic E-state index is 0.112. The predicted octanol–water partition coefficient (Wildman–Crippen LogP) is 5.12. The molecule has 1 aliphatic heterocycles. The number of hydrogen-bond donors (Lipinski definition) is 1. The highest BCUT2D eigenvalue weighted by atomic mass is 35.5. The zero-order valence-corrected chi connectivity index (χ0v) is 18.7. The number of carbonyl (C=O) groups excluding carboxylic acids is 1. The molecule has 0 radical (unpaired) electrons. The number of rotatable bonds is 6. The van der Waals surface area contributed by atoms with E-state index >= 15 is 0 Å². The minimum Gasteiger partial charge on any atom is -0.370 e. The van der Waals surface area contributed by atoms with Gasteiger partial charge in [0.05, 0.1) is 0 Å². The highest BCUT2D eigenvalue weighted by molar-refractivity contribution is 6.30. The first-order valence-corrected chi connectivity index (χ1v) is 11.3. The van der Waals surface area contributed by atoms with Crippen molar-refractivity contribution >= 4 is 23.2 Å². The maximum atomic E-state index is 13.1. The van der Waals surface area contributed by atoms with Crippen molar-refractivity contribution in [2.75, 3.05) is 31.1 Å². The lowest BCUT2D eigenvalue weighted by Gasteiger charge is -2.24. The monoisotopic (exact) mass is 451 g/mol. The zero-order chi connectivity index (χ0) is 22.3. The molecule has 4 rings (SSSR count). The summed E-state index contributed by atoms with van der Waals surface area (Å²) in [5, 5.41) is 3.57. The van der Waals surface area contributed by atoms with Crippen LogP contribution in [0.2, 0.25) is 5.02 Å². The van der Waals surface area contributed by atoms with Crippen LogP contribution in [-0.2, 0) is 13.1 Å². The lowest BCUT2D eigenvalue weighted by atomic mass is 10.1. The van der Waals surface area contributed by atoms with Crippen molar-refractivity contribution in [1.82, 2.24) is 10.2 Å². The SMILES string of the molecule is O=C(NCc1ccc(N2CCCN(Cc3ccc(F)cc3)CC2)cc1)c1ccc(Cl)cc1. The quantitative estimate of drug-likeness (QED) is 0.565. The van der Waals surface area contributed by atoms with E-state index in [4.69, 9.17) is 11.6 Å². The Bertz CT molecular complexity index is 1020. The average Bonchev–Trinajstić information content (AvgIpc) is 3.05.